The van der Waals surface area contributed by atoms with Crippen LogP contribution in [0.1, 0.15) is 30.0 Å². The molecule has 2 aromatic carbocycles. The van der Waals surface area contributed by atoms with Crippen molar-refractivity contribution in [3.05, 3.63) is 71.9 Å². The van der Waals surface area contributed by atoms with Crippen molar-refractivity contribution in [1.82, 2.24) is 15.0 Å². The second-order valence-electron chi connectivity index (χ2n) is 6.68. The van der Waals surface area contributed by atoms with Gasteiger partial charge in [0.05, 0.1) is 23.7 Å². The first-order valence-electron chi connectivity index (χ1n) is 9.10. The van der Waals surface area contributed by atoms with E-state index in [2.05, 4.69) is 28.5 Å². The van der Waals surface area contributed by atoms with Crippen LogP contribution in [0.4, 0.5) is 0 Å². The third kappa shape index (κ3) is 4.01. The maximum absolute atomic E-state index is 12.5. The number of hydrogen-bond donors (Lipinski definition) is 2. The lowest BCUT2D eigenvalue weighted by Crippen LogP contribution is -2.32. The lowest BCUT2D eigenvalue weighted by Gasteiger charge is -2.26. The SMILES string of the molecule is Nn1cc(-c2ccccc2)nc1SCC(=O)NC1CCCc2ccccc21. The number of imidazole rings is 1. The maximum Gasteiger partial charge on any atom is 0.230 e. The molecular weight excluding hydrogens is 356 g/mol. The van der Waals surface area contributed by atoms with Crippen molar-refractivity contribution in [2.24, 2.45) is 0 Å². The molecule has 1 aromatic heterocycles. The number of carbonyl (C=O) groups excluding carboxylic acids is 1. The zero-order valence-electron chi connectivity index (χ0n) is 15.0. The summed E-state index contributed by atoms with van der Waals surface area (Å²) in [5.41, 5.74) is 4.40. The molecule has 1 amide bonds. The Labute approximate surface area is 163 Å². The number of aryl methyl sites for hydroxylation is 1. The molecule has 138 valence electrons. The fourth-order valence-corrected chi connectivity index (χ4v) is 4.21. The molecule has 1 unspecified atom stereocenters. The van der Waals surface area contributed by atoms with Gasteiger partial charge in [-0.1, -0.05) is 66.4 Å². The van der Waals surface area contributed by atoms with E-state index in [1.807, 2.05) is 36.4 Å². The van der Waals surface area contributed by atoms with Crippen LogP contribution in [0.5, 0.6) is 0 Å². The van der Waals surface area contributed by atoms with Crippen LogP contribution in [0.15, 0.2) is 66.0 Å². The fraction of sp³-hybridized carbons (Fsp3) is 0.238. The molecule has 0 saturated heterocycles. The minimum absolute atomic E-state index is 0.00552. The molecule has 4 rings (SSSR count). The van der Waals surface area contributed by atoms with E-state index >= 15 is 0 Å². The number of nitrogens with one attached hydrogen (secondary N) is 1. The Bertz CT molecular complexity index is 938. The Morgan fingerprint density at radius 3 is 2.81 bits per heavy atom. The molecule has 1 heterocycles. The van der Waals surface area contributed by atoms with Crippen molar-refractivity contribution in [3.8, 4) is 11.3 Å². The van der Waals surface area contributed by atoms with Crippen LogP contribution in [0, 0.1) is 0 Å². The summed E-state index contributed by atoms with van der Waals surface area (Å²) < 4.78 is 1.48. The van der Waals surface area contributed by atoms with Crippen LogP contribution in [-0.4, -0.2) is 21.3 Å². The van der Waals surface area contributed by atoms with Crippen LogP contribution in [-0.2, 0) is 11.2 Å². The first-order chi connectivity index (χ1) is 13.2. The Balaban J connectivity index is 1.39. The molecule has 0 fully saturated rings. The van der Waals surface area contributed by atoms with Gasteiger partial charge in [0, 0.05) is 5.56 Å². The Morgan fingerprint density at radius 1 is 1.19 bits per heavy atom. The number of carbonyl (C=O) groups is 1. The zero-order valence-corrected chi connectivity index (χ0v) is 15.8. The van der Waals surface area contributed by atoms with E-state index in [0.29, 0.717) is 10.9 Å². The third-order valence-corrected chi connectivity index (χ3v) is 5.77. The molecule has 5 nitrogen and oxygen atoms in total. The molecule has 3 N–H and O–H groups in total. The standard InChI is InChI=1S/C21H22N4OS/c22-25-13-19(16-8-2-1-3-9-16)24-21(25)27-14-20(26)23-18-12-6-10-15-7-4-5-11-17(15)18/h1-5,7-9,11,13,18H,6,10,12,14,22H2,(H,23,26). The number of rotatable bonds is 5. The number of thioether (sulfide) groups is 1. The van der Waals surface area contributed by atoms with Gasteiger partial charge in [-0.2, -0.15) is 0 Å². The van der Waals surface area contributed by atoms with Gasteiger partial charge in [0.25, 0.3) is 0 Å². The molecule has 0 bridgehead atoms. The first-order valence-corrected chi connectivity index (χ1v) is 10.1. The summed E-state index contributed by atoms with van der Waals surface area (Å²) in [5, 5.41) is 3.80. The highest BCUT2D eigenvalue weighted by atomic mass is 32.2. The predicted molar refractivity (Wildman–Crippen MR) is 109 cm³/mol. The van der Waals surface area contributed by atoms with Crippen molar-refractivity contribution in [3.63, 3.8) is 0 Å². The van der Waals surface area contributed by atoms with Crippen molar-refractivity contribution < 1.29 is 4.79 Å². The van der Waals surface area contributed by atoms with E-state index in [1.54, 1.807) is 6.20 Å². The minimum Gasteiger partial charge on any atom is -0.349 e. The summed E-state index contributed by atoms with van der Waals surface area (Å²) >= 11 is 1.36. The first kappa shape index (κ1) is 17.7. The number of benzene rings is 2. The largest absolute Gasteiger partial charge is 0.349 e. The highest BCUT2D eigenvalue weighted by Crippen LogP contribution is 2.29. The summed E-state index contributed by atoms with van der Waals surface area (Å²) in [6, 6.07) is 18.3. The molecule has 0 spiro atoms. The number of nitrogens with zero attached hydrogens (tertiary/aromatic N) is 2. The van der Waals surface area contributed by atoms with Crippen LogP contribution in [0.2, 0.25) is 0 Å². The molecule has 0 saturated carbocycles. The van der Waals surface area contributed by atoms with Crippen molar-refractivity contribution in [1.29, 1.82) is 0 Å². The Morgan fingerprint density at radius 2 is 1.96 bits per heavy atom. The van der Waals surface area contributed by atoms with Gasteiger partial charge in [0.2, 0.25) is 5.91 Å². The molecule has 3 aromatic rings. The van der Waals surface area contributed by atoms with Gasteiger partial charge in [-0.05, 0) is 30.4 Å². The topological polar surface area (TPSA) is 72.9 Å². The highest BCUT2D eigenvalue weighted by molar-refractivity contribution is 7.99. The number of nitrogens with two attached hydrogens (primary N) is 1. The Hall–Kier alpha value is -2.73. The predicted octanol–water partition coefficient (Wildman–Crippen LogP) is 3.55. The van der Waals surface area contributed by atoms with Crippen molar-refractivity contribution >= 4 is 17.7 Å². The second-order valence-corrected chi connectivity index (χ2v) is 7.62. The number of amides is 1. The summed E-state index contributed by atoms with van der Waals surface area (Å²) in [5.74, 6) is 6.31. The Kier molecular flexibility index (Phi) is 5.16. The normalized spacial score (nSPS) is 15.9. The van der Waals surface area contributed by atoms with Gasteiger partial charge in [-0.25, -0.2) is 9.66 Å². The second kappa shape index (κ2) is 7.88. The van der Waals surface area contributed by atoms with Crippen LogP contribution in [0.25, 0.3) is 11.3 Å². The van der Waals surface area contributed by atoms with E-state index in [1.165, 1.54) is 27.6 Å². The number of aromatic nitrogens is 2. The van der Waals surface area contributed by atoms with Gasteiger partial charge >= 0.3 is 0 Å². The summed E-state index contributed by atoms with van der Waals surface area (Å²) in [4.78, 5) is 17.0. The van der Waals surface area contributed by atoms with E-state index in [4.69, 9.17) is 5.84 Å². The molecule has 1 aliphatic carbocycles. The van der Waals surface area contributed by atoms with Crippen LogP contribution in [0.3, 0.4) is 0 Å². The van der Waals surface area contributed by atoms with Gasteiger partial charge < -0.3 is 11.2 Å². The van der Waals surface area contributed by atoms with Crippen LogP contribution >= 0.6 is 11.8 Å². The summed E-state index contributed by atoms with van der Waals surface area (Å²) in [6.45, 7) is 0. The zero-order chi connectivity index (χ0) is 18.6. The summed E-state index contributed by atoms with van der Waals surface area (Å²) in [7, 11) is 0. The fourth-order valence-electron chi connectivity index (χ4n) is 3.50. The molecule has 27 heavy (non-hydrogen) atoms. The van der Waals surface area contributed by atoms with E-state index in [-0.39, 0.29) is 11.9 Å². The van der Waals surface area contributed by atoms with Crippen molar-refractivity contribution in [2.75, 3.05) is 11.6 Å². The quantitative estimate of drug-likeness (QED) is 0.526. The van der Waals surface area contributed by atoms with Gasteiger partial charge in [-0.3, -0.25) is 4.79 Å². The lowest BCUT2D eigenvalue weighted by atomic mass is 9.88. The average molecular weight is 379 g/mol. The molecule has 0 radical (unpaired) electrons. The molecule has 1 atom stereocenters. The van der Waals surface area contributed by atoms with Gasteiger partial charge in [-0.15, -0.1) is 0 Å². The third-order valence-electron chi connectivity index (χ3n) is 4.80. The molecule has 1 aliphatic rings. The monoisotopic (exact) mass is 378 g/mol. The number of hydrogen-bond acceptors (Lipinski definition) is 4. The molecule has 0 aliphatic heterocycles. The molecule has 6 heteroatoms. The average Bonchev–Trinajstić information content (AvgIpc) is 3.08. The molecular formula is C21H22N4OS. The van der Waals surface area contributed by atoms with Crippen molar-refractivity contribution in [2.45, 2.75) is 30.5 Å². The van der Waals surface area contributed by atoms with Crippen LogP contribution < -0.4 is 11.2 Å². The minimum atomic E-state index is 0.00552. The number of fused-ring (bicyclic) bond motifs is 1. The van der Waals surface area contributed by atoms with Gasteiger partial charge in [0.1, 0.15) is 0 Å². The lowest BCUT2D eigenvalue weighted by molar-refractivity contribution is -0.119. The van der Waals surface area contributed by atoms with Gasteiger partial charge in [0.15, 0.2) is 5.16 Å². The summed E-state index contributed by atoms with van der Waals surface area (Å²) in [6.07, 6.45) is 4.96. The van der Waals surface area contributed by atoms with E-state index in [0.717, 1.165) is 30.5 Å². The smallest absolute Gasteiger partial charge is 0.230 e. The maximum atomic E-state index is 12.5. The highest BCUT2D eigenvalue weighted by Gasteiger charge is 2.21. The van der Waals surface area contributed by atoms with E-state index in [9.17, 15) is 4.79 Å². The number of nitrogen functional groups attached to an aromatic ring is 1. The van der Waals surface area contributed by atoms with E-state index < -0.39 is 0 Å².